The van der Waals surface area contributed by atoms with Gasteiger partial charge in [-0.3, -0.25) is 9.79 Å². The molecule has 12 heteroatoms. The lowest BCUT2D eigenvalue weighted by atomic mass is 10.1. The van der Waals surface area contributed by atoms with E-state index in [2.05, 4.69) is 25.5 Å². The monoisotopic (exact) mass is 452 g/mol. The number of halogens is 4. The molecule has 0 bridgehead atoms. The zero-order valence-electron chi connectivity index (χ0n) is 16.8. The number of Topliss-reactive ketones (excluding diaryl/α,β-unsaturated/α-hetero) is 1. The van der Waals surface area contributed by atoms with E-state index in [1.165, 1.54) is 24.6 Å². The van der Waals surface area contributed by atoms with Crippen LogP contribution in [0.1, 0.15) is 11.1 Å². The summed E-state index contributed by atoms with van der Waals surface area (Å²) in [5.41, 5.74) is 2.00. The highest BCUT2D eigenvalue weighted by molar-refractivity contribution is 6.16. The first-order valence-electron chi connectivity index (χ1n) is 9.63. The quantitative estimate of drug-likeness (QED) is 0.376. The van der Waals surface area contributed by atoms with Crippen LogP contribution < -0.4 is 10.3 Å². The average molecular weight is 452 g/mol. The Bertz CT molecular complexity index is 990. The molecule has 2 aromatic rings. The second-order valence-electron chi connectivity index (χ2n) is 6.76. The third-order valence-corrected chi connectivity index (χ3v) is 4.37. The summed E-state index contributed by atoms with van der Waals surface area (Å²) in [6, 6.07) is 4.61. The molecule has 1 fully saturated rings. The maximum atomic E-state index is 14.0. The van der Waals surface area contributed by atoms with E-state index in [0.717, 1.165) is 18.3 Å². The van der Waals surface area contributed by atoms with Gasteiger partial charge in [0.2, 0.25) is 5.95 Å². The summed E-state index contributed by atoms with van der Waals surface area (Å²) in [5.74, 6) is -0.672. The molecule has 0 unspecified atom stereocenters. The van der Waals surface area contributed by atoms with Crippen LogP contribution in [0.25, 0.3) is 0 Å². The maximum absolute atomic E-state index is 14.0. The number of morpholine rings is 1. The second-order valence-corrected chi connectivity index (χ2v) is 6.76. The van der Waals surface area contributed by atoms with Gasteiger partial charge >= 0.3 is 6.18 Å². The van der Waals surface area contributed by atoms with E-state index in [0.29, 0.717) is 26.3 Å². The number of aliphatic imine (C=N–C) groups is 1. The van der Waals surface area contributed by atoms with Crippen LogP contribution in [-0.2, 0) is 22.1 Å². The van der Waals surface area contributed by atoms with Crippen LogP contribution >= 0.6 is 0 Å². The van der Waals surface area contributed by atoms with Crippen molar-refractivity contribution in [3.05, 3.63) is 47.4 Å². The predicted molar refractivity (Wildman–Crippen MR) is 111 cm³/mol. The molecule has 1 aromatic heterocycles. The molecule has 1 N–H and O–H groups in total. The molecule has 170 valence electrons. The fourth-order valence-corrected chi connectivity index (χ4v) is 2.88. The Balaban J connectivity index is 1.47. The number of aromatic nitrogens is 2. The van der Waals surface area contributed by atoms with E-state index < -0.39 is 17.6 Å². The van der Waals surface area contributed by atoms with Crippen LogP contribution in [0.3, 0.4) is 0 Å². The number of hydrogen-bond acceptors (Lipinski definition) is 8. The minimum atomic E-state index is -4.46. The number of hydrogen-bond donors (Lipinski definition) is 1. The van der Waals surface area contributed by atoms with Gasteiger partial charge in [0.15, 0.2) is 17.4 Å². The minimum Gasteiger partial charge on any atom is -0.378 e. The molecule has 2 heterocycles. The summed E-state index contributed by atoms with van der Waals surface area (Å²) in [6.45, 7) is 1.77. The first-order valence-corrected chi connectivity index (χ1v) is 9.63. The van der Waals surface area contributed by atoms with Crippen molar-refractivity contribution in [1.82, 2.24) is 9.97 Å². The van der Waals surface area contributed by atoms with Crippen LogP contribution in [-0.4, -0.2) is 61.0 Å². The first kappa shape index (κ1) is 23.3. The Morgan fingerprint density at radius 3 is 2.78 bits per heavy atom. The predicted octanol–water partition coefficient (Wildman–Crippen LogP) is 2.75. The van der Waals surface area contributed by atoms with Crippen molar-refractivity contribution in [2.24, 2.45) is 10.1 Å². The molecule has 0 saturated carbocycles. The molecule has 0 spiro atoms. The minimum absolute atomic E-state index is 0.0816. The zero-order valence-corrected chi connectivity index (χ0v) is 16.8. The molecular formula is C20H20F4N6O2. The second kappa shape index (κ2) is 10.8. The summed E-state index contributed by atoms with van der Waals surface area (Å²) < 4.78 is 57.4. The Kier molecular flexibility index (Phi) is 7.82. The van der Waals surface area contributed by atoms with Crippen LogP contribution in [0.2, 0.25) is 0 Å². The SMILES string of the molecule is O=C(CN=C/C=N/Nc1ncc(F)c(N2CCOCC2)n1)Cc1cccc(C(F)(F)F)c1. The van der Waals surface area contributed by atoms with E-state index in [-0.39, 0.29) is 36.1 Å². The Hall–Kier alpha value is -3.41. The molecule has 0 amide bonds. The summed E-state index contributed by atoms with van der Waals surface area (Å²) in [7, 11) is 0. The molecule has 3 rings (SSSR count). The summed E-state index contributed by atoms with van der Waals surface area (Å²) in [4.78, 5) is 25.4. The van der Waals surface area contributed by atoms with Gasteiger partial charge in [-0.05, 0) is 11.6 Å². The number of carbonyl (C=O) groups is 1. The van der Waals surface area contributed by atoms with Crippen LogP contribution in [0.4, 0.5) is 29.3 Å². The lowest BCUT2D eigenvalue weighted by molar-refractivity contribution is -0.137. The zero-order chi connectivity index (χ0) is 23.0. The fourth-order valence-electron chi connectivity index (χ4n) is 2.88. The highest BCUT2D eigenvalue weighted by atomic mass is 19.4. The normalized spacial score (nSPS) is 14.9. The highest BCUT2D eigenvalue weighted by Gasteiger charge is 2.30. The van der Waals surface area contributed by atoms with Gasteiger partial charge in [0, 0.05) is 25.7 Å². The summed E-state index contributed by atoms with van der Waals surface area (Å²) >= 11 is 0. The van der Waals surface area contributed by atoms with Crippen LogP contribution in [0, 0.1) is 5.82 Å². The standard InChI is InChI=1S/C20H20F4N6O2/c21-17-13-26-19(28-18(17)30-6-8-32-9-7-30)29-27-5-4-25-12-16(31)11-14-2-1-3-15(10-14)20(22,23)24/h1-5,10,13H,6-9,11-12H2,(H,26,28,29)/b25-4?,27-5+. The van der Waals surface area contributed by atoms with E-state index in [9.17, 15) is 22.4 Å². The first-order chi connectivity index (χ1) is 15.3. The van der Waals surface area contributed by atoms with Gasteiger partial charge in [-0.15, -0.1) is 0 Å². The number of nitrogens with one attached hydrogen (secondary N) is 1. The van der Waals surface area contributed by atoms with Crippen molar-refractivity contribution in [1.29, 1.82) is 0 Å². The Morgan fingerprint density at radius 1 is 1.25 bits per heavy atom. The average Bonchev–Trinajstić information content (AvgIpc) is 2.77. The van der Waals surface area contributed by atoms with Gasteiger partial charge in [0.1, 0.15) is 0 Å². The van der Waals surface area contributed by atoms with Gasteiger partial charge in [0.25, 0.3) is 0 Å². The van der Waals surface area contributed by atoms with E-state index >= 15 is 0 Å². The highest BCUT2D eigenvalue weighted by Crippen LogP contribution is 2.29. The Labute approximate surface area is 181 Å². The molecule has 32 heavy (non-hydrogen) atoms. The number of ether oxygens (including phenoxy) is 1. The third-order valence-electron chi connectivity index (χ3n) is 4.37. The van der Waals surface area contributed by atoms with Crippen molar-refractivity contribution in [2.75, 3.05) is 43.2 Å². The molecule has 1 aliphatic heterocycles. The Morgan fingerprint density at radius 2 is 2.03 bits per heavy atom. The number of benzene rings is 1. The van der Waals surface area contributed by atoms with Crippen LogP contribution in [0.5, 0.6) is 0 Å². The van der Waals surface area contributed by atoms with Crippen LogP contribution in [0.15, 0.2) is 40.6 Å². The third kappa shape index (κ3) is 6.80. The van der Waals surface area contributed by atoms with E-state index in [4.69, 9.17) is 4.74 Å². The van der Waals surface area contributed by atoms with Crippen molar-refractivity contribution in [2.45, 2.75) is 12.6 Å². The molecule has 1 aromatic carbocycles. The summed E-state index contributed by atoms with van der Waals surface area (Å²) in [6.07, 6.45) is -1.08. The number of hydrazone groups is 1. The lowest BCUT2D eigenvalue weighted by Gasteiger charge is -2.27. The number of ketones is 1. The number of anilines is 2. The molecule has 0 aliphatic carbocycles. The maximum Gasteiger partial charge on any atom is 0.416 e. The fraction of sp³-hybridized carbons (Fsp3) is 0.350. The molecule has 0 atom stereocenters. The number of alkyl halides is 3. The smallest absolute Gasteiger partial charge is 0.378 e. The number of nitrogens with zero attached hydrogens (tertiary/aromatic N) is 5. The van der Waals surface area contributed by atoms with Gasteiger partial charge in [-0.25, -0.2) is 14.8 Å². The molecular weight excluding hydrogens is 432 g/mol. The molecule has 0 radical (unpaired) electrons. The molecule has 1 aliphatic rings. The molecule has 8 nitrogen and oxygen atoms in total. The van der Waals surface area contributed by atoms with Gasteiger partial charge in [0.05, 0.1) is 37.7 Å². The van der Waals surface area contributed by atoms with Crippen molar-refractivity contribution < 1.29 is 27.1 Å². The number of rotatable bonds is 8. The topological polar surface area (TPSA) is 92.1 Å². The van der Waals surface area contributed by atoms with E-state index in [1.54, 1.807) is 4.90 Å². The lowest BCUT2D eigenvalue weighted by Crippen LogP contribution is -2.37. The molecule has 1 saturated heterocycles. The van der Waals surface area contributed by atoms with Gasteiger partial charge in [-0.1, -0.05) is 18.2 Å². The largest absolute Gasteiger partial charge is 0.416 e. The summed E-state index contributed by atoms with van der Waals surface area (Å²) in [5, 5.41) is 3.83. The number of carbonyl (C=O) groups excluding carboxylic acids is 1. The van der Waals surface area contributed by atoms with Crippen molar-refractivity contribution in [3.8, 4) is 0 Å². The van der Waals surface area contributed by atoms with Crippen molar-refractivity contribution >= 4 is 30.0 Å². The van der Waals surface area contributed by atoms with Gasteiger partial charge in [-0.2, -0.15) is 23.3 Å². The van der Waals surface area contributed by atoms with E-state index in [1.807, 2.05) is 0 Å². The van der Waals surface area contributed by atoms with Crippen molar-refractivity contribution in [3.63, 3.8) is 0 Å². The van der Waals surface area contributed by atoms with Gasteiger partial charge < -0.3 is 9.64 Å².